The molecule has 7 aromatic rings. The zero-order valence-corrected chi connectivity index (χ0v) is 36.0. The molecule has 1 saturated carbocycles. The van der Waals surface area contributed by atoms with Crippen LogP contribution in [0.15, 0.2) is 91.0 Å². The summed E-state index contributed by atoms with van der Waals surface area (Å²) >= 11 is 0. The second-order valence-electron chi connectivity index (χ2n) is 17.8. The van der Waals surface area contributed by atoms with Crippen molar-refractivity contribution in [2.75, 3.05) is 27.4 Å². The molecule has 1 aliphatic carbocycles. The van der Waals surface area contributed by atoms with Crippen molar-refractivity contribution in [2.45, 2.75) is 63.3 Å². The molecule has 4 amide bonds. The lowest BCUT2D eigenvalue weighted by Crippen LogP contribution is -2.52. The zero-order valence-electron chi connectivity index (χ0n) is 36.0. The van der Waals surface area contributed by atoms with Gasteiger partial charge in [0, 0.05) is 36.4 Å². The van der Waals surface area contributed by atoms with Crippen molar-refractivity contribution in [1.82, 2.24) is 40.4 Å². The molecular formula is C49H50N8O7. The number of carboxylic acid groups (broad SMARTS) is 1. The normalized spacial score (nSPS) is 21.4. The van der Waals surface area contributed by atoms with Crippen molar-refractivity contribution in [2.24, 2.45) is 17.8 Å². The van der Waals surface area contributed by atoms with Crippen LogP contribution in [0.5, 0.6) is 0 Å². The van der Waals surface area contributed by atoms with E-state index in [0.29, 0.717) is 36.9 Å². The number of carbonyl (C=O) groups excluding carboxylic acids is 3. The molecular weight excluding hydrogens is 813 g/mol. The number of H-pyrrole nitrogens is 2. The Morgan fingerprint density at radius 1 is 0.766 bits per heavy atom. The summed E-state index contributed by atoms with van der Waals surface area (Å²) in [4.78, 5) is 73.1. The van der Waals surface area contributed by atoms with Crippen LogP contribution in [0.1, 0.15) is 68.4 Å². The van der Waals surface area contributed by atoms with Crippen LogP contribution in [0.3, 0.4) is 0 Å². The fourth-order valence-corrected chi connectivity index (χ4v) is 10.2. The number of nitrogens with one attached hydrogen (secondary N) is 4. The molecule has 5 aromatic carbocycles. The summed E-state index contributed by atoms with van der Waals surface area (Å²) < 4.78 is 10.3. The number of carbonyl (C=O) groups is 4. The van der Waals surface area contributed by atoms with Gasteiger partial charge in [0.2, 0.25) is 5.91 Å². The first-order chi connectivity index (χ1) is 31.0. The van der Waals surface area contributed by atoms with Crippen LogP contribution in [0.25, 0.3) is 54.7 Å². The third-order valence-electron chi connectivity index (χ3n) is 13.4. The topological polar surface area (TPSA) is 195 Å². The van der Waals surface area contributed by atoms with E-state index in [1.165, 1.54) is 7.11 Å². The molecule has 0 bridgehead atoms. The summed E-state index contributed by atoms with van der Waals surface area (Å²) in [6.45, 7) is 4.70. The summed E-state index contributed by atoms with van der Waals surface area (Å²) in [5, 5.41) is 19.0. The Bertz CT molecular complexity index is 2970. The minimum atomic E-state index is -1.28. The molecule has 0 spiro atoms. The van der Waals surface area contributed by atoms with Crippen LogP contribution in [-0.2, 0) is 19.1 Å². The Morgan fingerprint density at radius 2 is 1.39 bits per heavy atom. The predicted molar refractivity (Wildman–Crippen MR) is 241 cm³/mol. The molecule has 2 aromatic heterocycles. The average Bonchev–Trinajstić information content (AvgIpc) is 3.72. The summed E-state index contributed by atoms with van der Waals surface area (Å²) in [7, 11) is 2.94. The molecule has 2 aliphatic heterocycles. The number of alkyl carbamates (subject to hydrolysis) is 1. The summed E-state index contributed by atoms with van der Waals surface area (Å²) in [5.41, 5.74) is 6.05. The maximum atomic E-state index is 14.2. The van der Waals surface area contributed by atoms with Crippen LogP contribution in [0, 0.1) is 17.8 Å². The van der Waals surface area contributed by atoms with Crippen molar-refractivity contribution in [3.8, 4) is 11.1 Å². The highest BCUT2D eigenvalue weighted by Crippen LogP contribution is 2.53. The average molecular weight is 863 g/mol. The second kappa shape index (κ2) is 16.3. The van der Waals surface area contributed by atoms with Crippen molar-refractivity contribution >= 4 is 67.6 Å². The summed E-state index contributed by atoms with van der Waals surface area (Å²) in [5.74, 6) is 1.29. The molecule has 3 aliphatic rings. The van der Waals surface area contributed by atoms with Gasteiger partial charge >= 0.3 is 12.2 Å². The van der Waals surface area contributed by atoms with Gasteiger partial charge in [-0.2, -0.15) is 0 Å². The van der Waals surface area contributed by atoms with Crippen molar-refractivity contribution in [3.05, 3.63) is 108 Å². The minimum absolute atomic E-state index is 0.0424. The number of aromatic amines is 2. The van der Waals surface area contributed by atoms with E-state index in [0.717, 1.165) is 73.4 Å². The van der Waals surface area contributed by atoms with Gasteiger partial charge in [-0.05, 0) is 82.8 Å². The van der Waals surface area contributed by atoms with E-state index in [9.17, 15) is 24.3 Å². The number of piperidine rings is 1. The van der Waals surface area contributed by atoms with Gasteiger partial charge < -0.3 is 45.0 Å². The fourth-order valence-electron chi connectivity index (χ4n) is 10.2. The number of hydrogen-bond acceptors (Lipinski definition) is 8. The molecule has 2 saturated heterocycles. The molecule has 15 nitrogen and oxygen atoms in total. The maximum Gasteiger partial charge on any atom is 0.407 e. The number of aromatic nitrogens is 4. The molecule has 3 fully saturated rings. The Labute approximate surface area is 368 Å². The van der Waals surface area contributed by atoms with Gasteiger partial charge in [0.25, 0.3) is 5.91 Å². The zero-order chi connectivity index (χ0) is 44.4. The number of nitrogens with zero attached hydrogens (tertiary/aromatic N) is 4. The molecule has 7 atom stereocenters. The van der Waals surface area contributed by atoms with E-state index >= 15 is 0 Å². The SMILES string of the molecule is COC[C@H]1C[C@@H](c2nc3ccc4cc(-c5ccc6c(ccc7nc([C@@H]8CC9C[C@H]9N8C(=O)[C@@H](NC(=O)OC)C(C)C)[nH]c76)c5)ccc4c3[nH]2)N(C(=O)[C@H](NC(=O)O)c2ccccc2)C1. The minimum Gasteiger partial charge on any atom is -0.465 e. The Hall–Kier alpha value is -7.00. The van der Waals surface area contributed by atoms with E-state index in [-0.39, 0.29) is 35.7 Å². The number of ether oxygens (including phenoxy) is 2. The maximum absolute atomic E-state index is 14.2. The number of methoxy groups -OCH3 is 2. The highest BCUT2D eigenvalue weighted by Gasteiger charge is 2.56. The molecule has 5 N–H and O–H groups in total. The van der Waals surface area contributed by atoms with Crippen molar-refractivity contribution in [1.29, 1.82) is 0 Å². The van der Waals surface area contributed by atoms with Gasteiger partial charge in [-0.15, -0.1) is 0 Å². The molecule has 64 heavy (non-hydrogen) atoms. The lowest BCUT2D eigenvalue weighted by molar-refractivity contribution is -0.137. The first-order valence-electron chi connectivity index (χ1n) is 21.8. The number of fused-ring (bicyclic) bond motifs is 7. The standard InChI is InChI=1S/C49H50N8O7/c1-25(2)40(55-49(62)64-4)47(59)57-37-21-32(37)22-39(57)45-51-36-17-13-31-20-29(11-15-34(31)43(36)53-45)28-10-14-33-30(19-28)12-16-35-42(33)52-44(50-35)38-18-26(24-63-3)23-56(38)46(58)41(54-48(60)61)27-8-6-5-7-9-27/h5-17,19-20,25-26,32,37-41,54H,18,21-24H2,1-4H3,(H,50,52)(H,51,53)(H,55,62)(H,60,61)/t26-,32?,37+,38-,39-,40-,41+/m0/s1. The Balaban J connectivity index is 0.927. The van der Waals surface area contributed by atoms with Crippen molar-refractivity contribution in [3.63, 3.8) is 0 Å². The van der Waals surface area contributed by atoms with E-state index in [1.54, 1.807) is 36.3 Å². The smallest absolute Gasteiger partial charge is 0.407 e. The van der Waals surface area contributed by atoms with Crippen LogP contribution in [0.2, 0.25) is 0 Å². The van der Waals surface area contributed by atoms with Gasteiger partial charge in [-0.1, -0.05) is 80.6 Å². The van der Waals surface area contributed by atoms with E-state index in [2.05, 4.69) is 69.1 Å². The first-order valence-corrected chi connectivity index (χ1v) is 21.8. The van der Waals surface area contributed by atoms with Crippen molar-refractivity contribution < 1.29 is 33.8 Å². The number of hydrogen-bond donors (Lipinski definition) is 5. The van der Waals surface area contributed by atoms with Crippen LogP contribution >= 0.6 is 0 Å². The predicted octanol–water partition coefficient (Wildman–Crippen LogP) is 8.00. The van der Waals surface area contributed by atoms with E-state index in [1.807, 2.05) is 36.9 Å². The second-order valence-corrected chi connectivity index (χ2v) is 17.8. The van der Waals surface area contributed by atoms with Gasteiger partial charge in [-0.3, -0.25) is 9.59 Å². The fraction of sp³-hybridized carbons (Fsp3) is 0.347. The number of likely N-dealkylation sites (tertiary alicyclic amines) is 2. The third-order valence-corrected chi connectivity index (χ3v) is 13.4. The van der Waals surface area contributed by atoms with E-state index < -0.39 is 30.3 Å². The first kappa shape index (κ1) is 41.0. The molecule has 1 unspecified atom stereocenters. The molecule has 4 heterocycles. The molecule has 15 heteroatoms. The highest BCUT2D eigenvalue weighted by molar-refractivity contribution is 6.07. The van der Waals surface area contributed by atoms with Gasteiger partial charge in [0.1, 0.15) is 23.7 Å². The summed E-state index contributed by atoms with van der Waals surface area (Å²) in [6.07, 6.45) is 0.497. The van der Waals surface area contributed by atoms with Gasteiger partial charge in [0.15, 0.2) is 0 Å². The number of rotatable bonds is 11. The number of imidazole rings is 2. The van der Waals surface area contributed by atoms with Crippen LogP contribution < -0.4 is 10.6 Å². The molecule has 328 valence electrons. The van der Waals surface area contributed by atoms with Crippen LogP contribution in [-0.4, -0.2) is 98.3 Å². The highest BCUT2D eigenvalue weighted by atomic mass is 16.5. The Morgan fingerprint density at radius 3 is 1.97 bits per heavy atom. The lowest BCUT2D eigenvalue weighted by Gasteiger charge is -2.31. The summed E-state index contributed by atoms with van der Waals surface area (Å²) in [6, 6.07) is 27.6. The number of amides is 4. The third kappa shape index (κ3) is 7.32. The largest absolute Gasteiger partial charge is 0.465 e. The Kier molecular flexibility index (Phi) is 10.4. The molecule has 10 rings (SSSR count). The van der Waals surface area contributed by atoms with Gasteiger partial charge in [-0.25, -0.2) is 19.6 Å². The van der Waals surface area contributed by atoms with E-state index in [4.69, 9.17) is 19.4 Å². The molecule has 0 radical (unpaired) electrons. The quantitative estimate of drug-likeness (QED) is 0.0857. The lowest BCUT2D eigenvalue weighted by atomic mass is 9.98. The van der Waals surface area contributed by atoms with Crippen LogP contribution in [0.4, 0.5) is 9.59 Å². The monoisotopic (exact) mass is 862 g/mol. The van der Waals surface area contributed by atoms with Gasteiger partial charge in [0.05, 0.1) is 47.9 Å². The number of benzene rings is 5.